The third-order valence-electron chi connectivity index (χ3n) is 5.16. The highest BCUT2D eigenvalue weighted by Crippen LogP contribution is 2.31. The van der Waals surface area contributed by atoms with Crippen LogP contribution in [0, 0.1) is 5.92 Å². The Balaban J connectivity index is 0.00000312. The van der Waals surface area contributed by atoms with E-state index in [1.165, 1.54) is 6.92 Å². The van der Waals surface area contributed by atoms with Crippen molar-refractivity contribution in [2.45, 2.75) is 70.6 Å². The van der Waals surface area contributed by atoms with Crippen molar-refractivity contribution in [3.63, 3.8) is 0 Å². The molecule has 0 aromatic carbocycles. The summed E-state index contributed by atoms with van der Waals surface area (Å²) in [6.45, 7) is 5.84. The van der Waals surface area contributed by atoms with Crippen LogP contribution in [0.1, 0.15) is 52.5 Å². The van der Waals surface area contributed by atoms with Crippen LogP contribution in [0.25, 0.3) is 0 Å². The lowest BCUT2D eigenvalue weighted by atomic mass is 9.89. The first-order valence-corrected chi connectivity index (χ1v) is 8.84. The Kier molecular flexibility index (Phi) is 8.45. The lowest BCUT2D eigenvalue weighted by Gasteiger charge is -2.32. The number of nitrogens with zero attached hydrogens (tertiary/aromatic N) is 1. The van der Waals surface area contributed by atoms with Gasteiger partial charge < -0.3 is 15.0 Å². The molecule has 1 aliphatic heterocycles. The van der Waals surface area contributed by atoms with Crippen LogP contribution in [0.15, 0.2) is 24.5 Å². The molecule has 0 saturated carbocycles. The molecule has 1 amide bonds. The van der Waals surface area contributed by atoms with Gasteiger partial charge in [0.1, 0.15) is 6.04 Å². The SMILES string of the molecule is CCC(CC)C[C@H](NC(C)=O)[C@@H]1N[C@@H](C(=O)O)C[C@H]1n1cccc1.Cl. The smallest absolute Gasteiger partial charge is 0.320 e. The Morgan fingerprint density at radius 3 is 2.36 bits per heavy atom. The van der Waals surface area contributed by atoms with Crippen LogP contribution in [0.2, 0.25) is 0 Å². The molecule has 0 aliphatic carbocycles. The van der Waals surface area contributed by atoms with Crippen LogP contribution < -0.4 is 10.6 Å². The molecule has 0 radical (unpaired) electrons. The molecule has 25 heavy (non-hydrogen) atoms. The number of carboxylic acid groups (broad SMARTS) is 1. The predicted octanol–water partition coefficient (Wildman–Crippen LogP) is 2.60. The third kappa shape index (κ3) is 5.47. The topological polar surface area (TPSA) is 83.4 Å². The maximum absolute atomic E-state index is 11.7. The zero-order valence-electron chi connectivity index (χ0n) is 15.1. The van der Waals surface area contributed by atoms with Crippen LogP contribution in [-0.4, -0.2) is 39.7 Å². The zero-order chi connectivity index (χ0) is 17.7. The first-order chi connectivity index (χ1) is 11.5. The number of carbonyl (C=O) groups excluding carboxylic acids is 1. The molecule has 1 fully saturated rings. The number of halogens is 1. The maximum Gasteiger partial charge on any atom is 0.320 e. The van der Waals surface area contributed by atoms with Gasteiger partial charge in [0.25, 0.3) is 0 Å². The minimum atomic E-state index is -0.834. The van der Waals surface area contributed by atoms with E-state index in [0.717, 1.165) is 19.3 Å². The molecule has 2 rings (SSSR count). The molecule has 1 aromatic rings. The number of hydrogen-bond donors (Lipinski definition) is 3. The molecule has 1 saturated heterocycles. The minimum Gasteiger partial charge on any atom is -0.480 e. The van der Waals surface area contributed by atoms with E-state index in [-0.39, 0.29) is 36.4 Å². The molecule has 0 spiro atoms. The predicted molar refractivity (Wildman–Crippen MR) is 100.0 cm³/mol. The van der Waals surface area contributed by atoms with E-state index in [4.69, 9.17) is 0 Å². The Labute approximate surface area is 155 Å². The van der Waals surface area contributed by atoms with Crippen molar-refractivity contribution in [2.24, 2.45) is 5.92 Å². The van der Waals surface area contributed by atoms with E-state index < -0.39 is 12.0 Å². The van der Waals surface area contributed by atoms with Crippen LogP contribution in [0.3, 0.4) is 0 Å². The van der Waals surface area contributed by atoms with E-state index in [0.29, 0.717) is 12.3 Å². The second kappa shape index (κ2) is 9.82. The third-order valence-corrected chi connectivity index (χ3v) is 5.16. The van der Waals surface area contributed by atoms with Gasteiger partial charge in [-0.05, 0) is 30.9 Å². The fourth-order valence-electron chi connectivity index (χ4n) is 3.77. The molecule has 0 unspecified atom stereocenters. The Morgan fingerprint density at radius 2 is 1.88 bits per heavy atom. The van der Waals surface area contributed by atoms with Crippen LogP contribution in [-0.2, 0) is 9.59 Å². The summed E-state index contributed by atoms with van der Waals surface area (Å²) in [6, 6.07) is 3.15. The van der Waals surface area contributed by atoms with Crippen molar-refractivity contribution in [2.75, 3.05) is 0 Å². The fourth-order valence-corrected chi connectivity index (χ4v) is 3.77. The molecule has 2 heterocycles. The molecule has 7 heteroatoms. The monoisotopic (exact) mass is 371 g/mol. The van der Waals surface area contributed by atoms with Gasteiger partial charge in [0, 0.05) is 31.4 Å². The second-order valence-electron chi connectivity index (χ2n) is 6.74. The summed E-state index contributed by atoms with van der Waals surface area (Å²) in [4.78, 5) is 23.2. The summed E-state index contributed by atoms with van der Waals surface area (Å²) >= 11 is 0. The zero-order valence-corrected chi connectivity index (χ0v) is 16.0. The number of hydrogen-bond acceptors (Lipinski definition) is 3. The van der Waals surface area contributed by atoms with Gasteiger partial charge in [-0.2, -0.15) is 0 Å². The first kappa shape index (κ1) is 21.5. The van der Waals surface area contributed by atoms with E-state index in [2.05, 4.69) is 29.0 Å². The normalized spacial score (nSPS) is 23.9. The number of amides is 1. The summed E-state index contributed by atoms with van der Waals surface area (Å²) in [7, 11) is 0. The van der Waals surface area contributed by atoms with E-state index in [9.17, 15) is 14.7 Å². The lowest BCUT2D eigenvalue weighted by molar-refractivity contribution is -0.139. The van der Waals surface area contributed by atoms with Crippen molar-refractivity contribution >= 4 is 24.3 Å². The molecule has 6 nitrogen and oxygen atoms in total. The Bertz CT molecular complexity index is 546. The summed E-state index contributed by atoms with van der Waals surface area (Å²) in [5, 5.41) is 15.7. The molecule has 0 bridgehead atoms. The number of aromatic nitrogens is 1. The van der Waals surface area contributed by atoms with E-state index in [1.807, 2.05) is 24.5 Å². The van der Waals surface area contributed by atoms with E-state index >= 15 is 0 Å². The van der Waals surface area contributed by atoms with Crippen molar-refractivity contribution in [1.29, 1.82) is 0 Å². The van der Waals surface area contributed by atoms with Gasteiger partial charge in [0.15, 0.2) is 0 Å². The molecule has 3 N–H and O–H groups in total. The summed E-state index contributed by atoms with van der Waals surface area (Å²) in [6.07, 6.45) is 7.41. The molecule has 1 aromatic heterocycles. The Morgan fingerprint density at radius 1 is 1.28 bits per heavy atom. The average molecular weight is 372 g/mol. The van der Waals surface area contributed by atoms with Gasteiger partial charge >= 0.3 is 5.97 Å². The quantitative estimate of drug-likeness (QED) is 0.655. The summed E-state index contributed by atoms with van der Waals surface area (Å²) < 4.78 is 2.06. The molecule has 142 valence electrons. The van der Waals surface area contributed by atoms with E-state index in [1.54, 1.807) is 0 Å². The van der Waals surface area contributed by atoms with Gasteiger partial charge in [-0.25, -0.2) is 0 Å². The lowest BCUT2D eigenvalue weighted by Crippen LogP contribution is -2.52. The van der Waals surface area contributed by atoms with Crippen LogP contribution in [0.4, 0.5) is 0 Å². The molecule has 1 aliphatic rings. The highest BCUT2D eigenvalue weighted by Gasteiger charge is 2.42. The summed E-state index contributed by atoms with van der Waals surface area (Å²) in [5.41, 5.74) is 0. The fraction of sp³-hybridized carbons (Fsp3) is 0.667. The van der Waals surface area contributed by atoms with Gasteiger partial charge in [0.2, 0.25) is 5.91 Å². The maximum atomic E-state index is 11.7. The van der Waals surface area contributed by atoms with Crippen molar-refractivity contribution in [3.05, 3.63) is 24.5 Å². The van der Waals surface area contributed by atoms with Gasteiger partial charge in [-0.3, -0.25) is 14.9 Å². The van der Waals surface area contributed by atoms with Gasteiger partial charge in [0.05, 0.1) is 6.04 Å². The van der Waals surface area contributed by atoms with Gasteiger partial charge in [-0.1, -0.05) is 26.7 Å². The second-order valence-corrected chi connectivity index (χ2v) is 6.74. The Hall–Kier alpha value is -1.53. The number of rotatable bonds is 8. The first-order valence-electron chi connectivity index (χ1n) is 8.84. The average Bonchev–Trinajstić information content (AvgIpc) is 3.19. The number of carboxylic acids is 1. The largest absolute Gasteiger partial charge is 0.480 e. The number of carbonyl (C=O) groups is 2. The van der Waals surface area contributed by atoms with Crippen LogP contribution in [0.5, 0.6) is 0 Å². The molecular weight excluding hydrogens is 342 g/mol. The molecular formula is C18H30ClN3O3. The molecule has 4 atom stereocenters. The standard InChI is InChI=1S/C18H29N3O3.ClH/c1-4-13(5-2)10-14(19-12(3)22)17-16(21-8-6-7-9-21)11-15(20-17)18(23)24;/h6-9,13-17,20H,4-5,10-11H2,1-3H3,(H,19,22)(H,23,24);1H/t14-,15+,16+,17-;/m0./s1. The van der Waals surface area contributed by atoms with Crippen molar-refractivity contribution in [1.82, 2.24) is 15.2 Å². The number of aliphatic carboxylic acids is 1. The minimum absolute atomic E-state index is 0. The van der Waals surface area contributed by atoms with Crippen LogP contribution >= 0.6 is 12.4 Å². The van der Waals surface area contributed by atoms with Crippen molar-refractivity contribution < 1.29 is 14.7 Å². The summed E-state index contributed by atoms with van der Waals surface area (Å²) in [5.74, 6) is -0.394. The highest BCUT2D eigenvalue weighted by atomic mass is 35.5. The van der Waals surface area contributed by atoms with Crippen molar-refractivity contribution in [3.8, 4) is 0 Å². The number of nitrogens with one attached hydrogen (secondary N) is 2. The highest BCUT2D eigenvalue weighted by molar-refractivity contribution is 5.85. The van der Waals surface area contributed by atoms with Gasteiger partial charge in [-0.15, -0.1) is 12.4 Å².